The predicted molar refractivity (Wildman–Crippen MR) is 117 cm³/mol. The lowest BCUT2D eigenvalue weighted by molar-refractivity contribution is -0.115. The van der Waals surface area contributed by atoms with Gasteiger partial charge in [0.1, 0.15) is 11.1 Å². The van der Waals surface area contributed by atoms with Gasteiger partial charge >= 0.3 is 0 Å². The average molecular weight is 407 g/mol. The van der Waals surface area contributed by atoms with E-state index in [0.29, 0.717) is 0 Å². The molecule has 3 aromatic rings. The van der Waals surface area contributed by atoms with Gasteiger partial charge in [0.25, 0.3) is 0 Å². The van der Waals surface area contributed by atoms with Gasteiger partial charge in [0.05, 0.1) is 0 Å². The maximum atomic E-state index is 13.3. The second-order valence-electron chi connectivity index (χ2n) is 7.64. The van der Waals surface area contributed by atoms with Crippen LogP contribution in [0.1, 0.15) is 47.0 Å². The maximum absolute atomic E-state index is 13.3. The Balaban J connectivity index is 1.62. The van der Waals surface area contributed by atoms with Crippen LogP contribution in [0.25, 0.3) is 0 Å². The van der Waals surface area contributed by atoms with E-state index < -0.39 is 5.25 Å². The molecule has 0 saturated carbocycles. The van der Waals surface area contributed by atoms with Crippen LogP contribution in [0.2, 0.25) is 0 Å². The number of hydrogen-bond donors (Lipinski definition) is 1. The molecule has 1 aliphatic rings. The van der Waals surface area contributed by atoms with Crippen molar-refractivity contribution in [1.82, 2.24) is 14.8 Å². The van der Waals surface area contributed by atoms with Gasteiger partial charge < -0.3 is 9.88 Å². The molecule has 0 bridgehead atoms. The van der Waals surface area contributed by atoms with Crippen molar-refractivity contribution in [1.29, 1.82) is 0 Å². The summed E-state index contributed by atoms with van der Waals surface area (Å²) in [5.41, 5.74) is 4.05. The molecule has 1 amide bonds. The first kappa shape index (κ1) is 19.7. The van der Waals surface area contributed by atoms with E-state index in [0.717, 1.165) is 59.2 Å². The monoisotopic (exact) mass is 406 g/mol. The summed E-state index contributed by atoms with van der Waals surface area (Å²) in [4.78, 5) is 13.3. The van der Waals surface area contributed by atoms with Crippen LogP contribution in [0.3, 0.4) is 0 Å². The van der Waals surface area contributed by atoms with Gasteiger partial charge in [-0.05, 0) is 55.5 Å². The van der Waals surface area contributed by atoms with E-state index in [1.807, 2.05) is 56.3 Å². The Labute approximate surface area is 175 Å². The molecule has 0 saturated heterocycles. The number of rotatable bonds is 5. The summed E-state index contributed by atoms with van der Waals surface area (Å²) in [6, 6.07) is 16.0. The van der Waals surface area contributed by atoms with E-state index in [9.17, 15) is 4.79 Å². The van der Waals surface area contributed by atoms with E-state index in [4.69, 9.17) is 0 Å². The van der Waals surface area contributed by atoms with Crippen molar-refractivity contribution in [3.05, 3.63) is 71.0 Å². The van der Waals surface area contributed by atoms with E-state index in [-0.39, 0.29) is 5.91 Å². The molecule has 4 rings (SSSR count). The van der Waals surface area contributed by atoms with Crippen LogP contribution < -0.4 is 5.32 Å². The Morgan fingerprint density at radius 2 is 1.79 bits per heavy atom. The van der Waals surface area contributed by atoms with Crippen LogP contribution >= 0.6 is 11.8 Å². The lowest BCUT2D eigenvalue weighted by Crippen LogP contribution is -2.20. The number of nitrogens with one attached hydrogen (secondary N) is 1. The molecule has 0 radical (unpaired) electrons. The minimum Gasteiger partial charge on any atom is -0.325 e. The van der Waals surface area contributed by atoms with Gasteiger partial charge in [-0.2, -0.15) is 0 Å². The van der Waals surface area contributed by atoms with Gasteiger partial charge in [0.15, 0.2) is 5.16 Å². The topological polar surface area (TPSA) is 59.8 Å². The number of thioether (sulfide) groups is 1. The number of carbonyl (C=O) groups excluding carboxylic acids is 1. The molecule has 1 atom stereocenters. The molecule has 0 fully saturated rings. The highest BCUT2D eigenvalue weighted by molar-refractivity contribution is 8.00. The third-order valence-electron chi connectivity index (χ3n) is 5.13. The third-order valence-corrected chi connectivity index (χ3v) is 6.36. The van der Waals surface area contributed by atoms with Gasteiger partial charge in [-0.1, -0.05) is 54.6 Å². The van der Waals surface area contributed by atoms with Gasteiger partial charge in [-0.15, -0.1) is 10.2 Å². The molecule has 5 nitrogen and oxygen atoms in total. The summed E-state index contributed by atoms with van der Waals surface area (Å²) in [6.45, 7) is 5.00. The summed E-state index contributed by atoms with van der Waals surface area (Å²) >= 11 is 1.49. The second-order valence-corrected chi connectivity index (χ2v) is 8.71. The van der Waals surface area contributed by atoms with Gasteiger partial charge in [0.2, 0.25) is 5.91 Å². The SMILES string of the molecule is Cc1cc(C)cc(NC(=O)C(Sc2nnc3n2CCCCC3)c2ccccc2)c1. The standard InChI is InChI=1S/C23H26N4OS/c1-16-13-17(2)15-19(14-16)24-22(28)21(18-9-5-3-6-10-18)29-23-26-25-20-11-7-4-8-12-27(20)23/h3,5-6,9-10,13-15,21H,4,7-8,11-12H2,1-2H3,(H,24,28). The molecule has 1 aromatic heterocycles. The number of amides is 1. The number of aryl methyl sites for hydroxylation is 3. The average Bonchev–Trinajstić information content (AvgIpc) is 2.91. The van der Waals surface area contributed by atoms with Gasteiger partial charge in [-0.3, -0.25) is 4.79 Å². The summed E-state index contributed by atoms with van der Waals surface area (Å²) in [6.07, 6.45) is 4.45. The largest absolute Gasteiger partial charge is 0.325 e. The Morgan fingerprint density at radius 1 is 1.03 bits per heavy atom. The van der Waals surface area contributed by atoms with Crippen LogP contribution in [0, 0.1) is 13.8 Å². The zero-order chi connectivity index (χ0) is 20.2. The van der Waals surface area contributed by atoms with Crippen molar-refractivity contribution < 1.29 is 4.79 Å². The minimum absolute atomic E-state index is 0.0443. The Morgan fingerprint density at radius 3 is 2.55 bits per heavy atom. The summed E-state index contributed by atoms with van der Waals surface area (Å²) in [7, 11) is 0. The molecule has 150 valence electrons. The lowest BCUT2D eigenvalue weighted by Gasteiger charge is -2.17. The van der Waals surface area contributed by atoms with E-state index >= 15 is 0 Å². The fourth-order valence-corrected chi connectivity index (χ4v) is 4.89. The van der Waals surface area contributed by atoms with Gasteiger partial charge in [0, 0.05) is 18.7 Å². The molecule has 6 heteroatoms. The highest BCUT2D eigenvalue weighted by atomic mass is 32.2. The zero-order valence-corrected chi connectivity index (χ0v) is 17.7. The normalized spacial score (nSPS) is 14.7. The number of nitrogens with zero attached hydrogens (tertiary/aromatic N) is 3. The molecule has 2 aromatic carbocycles. The van der Waals surface area contributed by atoms with Crippen molar-refractivity contribution in [2.75, 3.05) is 5.32 Å². The Kier molecular flexibility index (Phi) is 6.00. The molecule has 1 unspecified atom stereocenters. The number of fused-ring (bicyclic) bond motifs is 1. The van der Waals surface area contributed by atoms with Crippen molar-refractivity contribution >= 4 is 23.4 Å². The fourth-order valence-electron chi connectivity index (χ4n) is 3.81. The first-order valence-corrected chi connectivity index (χ1v) is 11.0. The van der Waals surface area contributed by atoms with Crippen LogP contribution in [0.15, 0.2) is 53.7 Å². The molecular formula is C23H26N4OS. The number of hydrogen-bond acceptors (Lipinski definition) is 4. The molecular weight excluding hydrogens is 380 g/mol. The van der Waals surface area contributed by atoms with E-state index in [2.05, 4.69) is 26.1 Å². The zero-order valence-electron chi connectivity index (χ0n) is 16.9. The number of aromatic nitrogens is 3. The summed E-state index contributed by atoms with van der Waals surface area (Å²) < 4.78 is 2.19. The van der Waals surface area contributed by atoms with Crippen LogP contribution in [-0.4, -0.2) is 20.7 Å². The molecule has 29 heavy (non-hydrogen) atoms. The maximum Gasteiger partial charge on any atom is 0.242 e. The van der Waals surface area contributed by atoms with Crippen molar-refractivity contribution in [2.24, 2.45) is 0 Å². The molecule has 1 N–H and O–H groups in total. The lowest BCUT2D eigenvalue weighted by atomic mass is 10.1. The summed E-state index contributed by atoms with van der Waals surface area (Å²) in [5.74, 6) is 0.990. The number of anilines is 1. The molecule has 2 heterocycles. The number of carbonyl (C=O) groups is 1. The minimum atomic E-state index is -0.395. The van der Waals surface area contributed by atoms with Gasteiger partial charge in [-0.25, -0.2) is 0 Å². The second kappa shape index (κ2) is 8.82. The van der Waals surface area contributed by atoms with Crippen LogP contribution in [-0.2, 0) is 17.8 Å². The Bertz CT molecular complexity index is 979. The smallest absolute Gasteiger partial charge is 0.242 e. The van der Waals surface area contributed by atoms with E-state index in [1.54, 1.807) is 0 Å². The molecule has 0 aliphatic carbocycles. The fraction of sp³-hybridized carbons (Fsp3) is 0.348. The first-order valence-electron chi connectivity index (χ1n) is 10.1. The number of benzene rings is 2. The van der Waals surface area contributed by atoms with Crippen molar-refractivity contribution in [3.63, 3.8) is 0 Å². The predicted octanol–water partition coefficient (Wildman–Crippen LogP) is 5.09. The Hall–Kier alpha value is -2.60. The highest BCUT2D eigenvalue weighted by Gasteiger charge is 2.26. The van der Waals surface area contributed by atoms with Crippen molar-refractivity contribution in [2.45, 2.75) is 56.5 Å². The molecule has 1 aliphatic heterocycles. The quantitative estimate of drug-likeness (QED) is 0.599. The van der Waals surface area contributed by atoms with Crippen LogP contribution in [0.5, 0.6) is 0 Å². The summed E-state index contributed by atoms with van der Waals surface area (Å²) in [5, 5.41) is 12.3. The first-order chi connectivity index (χ1) is 14.1. The molecule has 0 spiro atoms. The highest BCUT2D eigenvalue weighted by Crippen LogP contribution is 2.36. The third kappa shape index (κ3) is 4.70. The van der Waals surface area contributed by atoms with Crippen molar-refractivity contribution in [3.8, 4) is 0 Å². The van der Waals surface area contributed by atoms with E-state index in [1.165, 1.54) is 18.2 Å². The van der Waals surface area contributed by atoms with Crippen LogP contribution in [0.4, 0.5) is 5.69 Å².